The molecule has 2 N–H and O–H groups in total. The van der Waals surface area contributed by atoms with Crippen LogP contribution in [-0.2, 0) is 4.74 Å². The van der Waals surface area contributed by atoms with E-state index in [9.17, 15) is 9.70 Å². The molecular formula is C9H10N2O5. The van der Waals surface area contributed by atoms with Crippen LogP contribution in [0.4, 0.5) is 11.4 Å². The number of benzene rings is 1. The molecule has 0 heterocycles. The fourth-order valence-corrected chi connectivity index (χ4v) is 1.18. The monoisotopic (exact) mass is 226 g/mol. The third-order valence-electron chi connectivity index (χ3n) is 1.93. The lowest BCUT2D eigenvalue weighted by Crippen LogP contribution is -2.03. The Balaban J connectivity index is 3.36. The van der Waals surface area contributed by atoms with Crippen LogP contribution in [0.2, 0.25) is 0 Å². The second kappa shape index (κ2) is 5.08. The Kier molecular flexibility index (Phi) is 3.78. The number of anilines is 1. The van der Waals surface area contributed by atoms with Gasteiger partial charge in [0.25, 0.3) is 0 Å². The van der Waals surface area contributed by atoms with Crippen LogP contribution in [0.5, 0.6) is 5.75 Å². The van der Waals surface area contributed by atoms with E-state index >= 15 is 0 Å². The maximum absolute atomic E-state index is 11.3. The number of rotatable bonds is 4. The Morgan fingerprint density at radius 2 is 2.12 bits per heavy atom. The van der Waals surface area contributed by atoms with E-state index in [4.69, 9.17) is 9.94 Å². The summed E-state index contributed by atoms with van der Waals surface area (Å²) in [6.07, 6.45) is 0. The highest BCUT2D eigenvalue weighted by Gasteiger charge is 2.16. The molecule has 0 radical (unpaired) electrons. The van der Waals surface area contributed by atoms with E-state index in [0.717, 1.165) is 0 Å². The van der Waals surface area contributed by atoms with Gasteiger partial charge in [0.1, 0.15) is 0 Å². The van der Waals surface area contributed by atoms with Crippen molar-refractivity contribution in [3.8, 4) is 5.75 Å². The molecule has 0 saturated carbocycles. The molecule has 0 aliphatic carbocycles. The van der Waals surface area contributed by atoms with E-state index < -0.39 is 5.97 Å². The summed E-state index contributed by atoms with van der Waals surface area (Å²) < 4.78 is 9.36. The number of carbonyl (C=O) groups excluding carboxylic acids is 1. The van der Waals surface area contributed by atoms with Gasteiger partial charge in [0.2, 0.25) is 0 Å². The Morgan fingerprint density at radius 1 is 1.44 bits per heavy atom. The van der Waals surface area contributed by atoms with Gasteiger partial charge in [-0.25, -0.2) is 4.79 Å². The quantitative estimate of drug-likeness (QED) is 0.460. The third kappa shape index (κ3) is 2.09. The summed E-state index contributed by atoms with van der Waals surface area (Å²) in [6.45, 7) is 0. The summed E-state index contributed by atoms with van der Waals surface area (Å²) in [4.78, 5) is 21.8. The summed E-state index contributed by atoms with van der Waals surface area (Å²) in [7, 11) is 2.53. The number of carbonyl (C=O) groups is 1. The molecule has 0 bridgehead atoms. The summed E-state index contributed by atoms with van der Waals surface area (Å²) in [6, 6.07) is 2.52. The predicted octanol–water partition coefficient (Wildman–Crippen LogP) is 1.68. The Bertz CT molecular complexity index is 393. The number of hydrogen-bond acceptors (Lipinski definition) is 7. The summed E-state index contributed by atoms with van der Waals surface area (Å²) in [5.41, 5.74) is 1.73. The number of nitrogens with zero attached hydrogens (tertiary/aromatic N) is 1. The second-order valence-electron chi connectivity index (χ2n) is 2.77. The molecule has 1 aromatic rings. The zero-order valence-electron chi connectivity index (χ0n) is 8.68. The predicted molar refractivity (Wildman–Crippen MR) is 55.2 cm³/mol. The van der Waals surface area contributed by atoms with Gasteiger partial charge in [0, 0.05) is 0 Å². The lowest BCUT2D eigenvalue weighted by molar-refractivity contribution is 0.0600. The SMILES string of the molecule is COC(=O)c1cc(NO)c(N=O)c(OC)c1. The van der Waals surface area contributed by atoms with Crippen LogP contribution in [0.25, 0.3) is 0 Å². The van der Waals surface area contributed by atoms with E-state index in [2.05, 4.69) is 9.91 Å². The van der Waals surface area contributed by atoms with Crippen molar-refractivity contribution < 1.29 is 19.5 Å². The lowest BCUT2D eigenvalue weighted by Gasteiger charge is -2.09. The fraction of sp³-hybridized carbons (Fsp3) is 0.222. The minimum Gasteiger partial charge on any atom is -0.494 e. The van der Waals surface area contributed by atoms with Crippen molar-refractivity contribution in [1.29, 1.82) is 0 Å². The molecule has 0 aliphatic heterocycles. The molecule has 16 heavy (non-hydrogen) atoms. The second-order valence-corrected chi connectivity index (χ2v) is 2.77. The fourth-order valence-electron chi connectivity index (χ4n) is 1.18. The van der Waals surface area contributed by atoms with Crippen molar-refractivity contribution >= 4 is 17.3 Å². The zero-order valence-corrected chi connectivity index (χ0v) is 8.68. The first kappa shape index (κ1) is 11.9. The first-order valence-corrected chi connectivity index (χ1v) is 4.21. The van der Waals surface area contributed by atoms with Gasteiger partial charge in [0.05, 0.1) is 25.5 Å². The van der Waals surface area contributed by atoms with Gasteiger partial charge in [0.15, 0.2) is 11.4 Å². The largest absolute Gasteiger partial charge is 0.494 e. The van der Waals surface area contributed by atoms with Gasteiger partial charge >= 0.3 is 5.97 Å². The molecule has 0 spiro atoms. The highest BCUT2D eigenvalue weighted by Crippen LogP contribution is 2.36. The van der Waals surface area contributed by atoms with Crippen LogP contribution >= 0.6 is 0 Å². The van der Waals surface area contributed by atoms with Crippen LogP contribution in [0.1, 0.15) is 10.4 Å². The topological polar surface area (TPSA) is 97.2 Å². The maximum Gasteiger partial charge on any atom is 0.338 e. The molecule has 7 nitrogen and oxygen atoms in total. The van der Waals surface area contributed by atoms with Crippen molar-refractivity contribution in [3.05, 3.63) is 22.6 Å². The van der Waals surface area contributed by atoms with E-state index in [1.807, 2.05) is 0 Å². The van der Waals surface area contributed by atoms with Gasteiger partial charge in [-0.2, -0.15) is 0 Å². The number of nitroso groups, excluding NO2 is 1. The van der Waals surface area contributed by atoms with Crippen molar-refractivity contribution in [3.63, 3.8) is 0 Å². The van der Waals surface area contributed by atoms with E-state index in [0.29, 0.717) is 0 Å². The maximum atomic E-state index is 11.3. The van der Waals surface area contributed by atoms with Crippen molar-refractivity contribution in [2.24, 2.45) is 5.18 Å². The normalized spacial score (nSPS) is 9.44. The van der Waals surface area contributed by atoms with E-state index in [1.54, 1.807) is 5.48 Å². The molecule has 86 valence electrons. The first-order valence-electron chi connectivity index (χ1n) is 4.21. The van der Waals surface area contributed by atoms with Crippen LogP contribution in [0.15, 0.2) is 17.3 Å². The summed E-state index contributed by atoms with van der Waals surface area (Å²) >= 11 is 0. The lowest BCUT2D eigenvalue weighted by atomic mass is 10.1. The van der Waals surface area contributed by atoms with Crippen LogP contribution in [-0.4, -0.2) is 25.4 Å². The minimum absolute atomic E-state index is 0.0326. The van der Waals surface area contributed by atoms with Crippen molar-refractivity contribution in [2.45, 2.75) is 0 Å². The highest BCUT2D eigenvalue weighted by molar-refractivity contribution is 5.93. The Morgan fingerprint density at radius 3 is 2.56 bits per heavy atom. The molecule has 0 aromatic heterocycles. The molecule has 0 saturated heterocycles. The summed E-state index contributed by atoms with van der Waals surface area (Å²) in [5, 5.41) is 11.5. The highest BCUT2D eigenvalue weighted by atomic mass is 16.5. The molecule has 1 aromatic carbocycles. The van der Waals surface area contributed by atoms with Gasteiger partial charge in [-0.15, -0.1) is 4.91 Å². The van der Waals surface area contributed by atoms with E-state index in [1.165, 1.54) is 26.4 Å². The molecule has 0 aliphatic rings. The average molecular weight is 226 g/mol. The Hall–Kier alpha value is -2.15. The average Bonchev–Trinajstić information content (AvgIpc) is 2.35. The van der Waals surface area contributed by atoms with Gasteiger partial charge in [-0.1, -0.05) is 0 Å². The van der Waals surface area contributed by atoms with Gasteiger partial charge < -0.3 is 9.47 Å². The first-order chi connectivity index (χ1) is 7.67. The van der Waals surface area contributed by atoms with Gasteiger partial charge in [-0.05, 0) is 17.3 Å². The standard InChI is InChI=1S/C9H10N2O5/c1-15-7-4-5(9(12)16-2)3-6(10-13)8(7)11-14/h3-4,10,13H,1-2H3. The summed E-state index contributed by atoms with van der Waals surface area (Å²) in [5.74, 6) is -0.554. The van der Waals surface area contributed by atoms with Crippen LogP contribution in [0.3, 0.4) is 0 Å². The molecule has 7 heteroatoms. The smallest absolute Gasteiger partial charge is 0.338 e. The van der Waals surface area contributed by atoms with Gasteiger partial charge in [-0.3, -0.25) is 10.7 Å². The molecule has 1 rings (SSSR count). The zero-order chi connectivity index (χ0) is 12.1. The molecule has 0 fully saturated rings. The van der Waals surface area contributed by atoms with E-state index in [-0.39, 0.29) is 22.7 Å². The van der Waals surface area contributed by atoms with Crippen molar-refractivity contribution in [1.82, 2.24) is 0 Å². The number of ether oxygens (including phenoxy) is 2. The van der Waals surface area contributed by atoms with Crippen molar-refractivity contribution in [2.75, 3.05) is 19.7 Å². The molecule has 0 unspecified atom stereocenters. The number of methoxy groups -OCH3 is 2. The van der Waals surface area contributed by atoms with Crippen LogP contribution in [0, 0.1) is 4.91 Å². The van der Waals surface area contributed by atoms with Crippen LogP contribution < -0.4 is 10.2 Å². The number of hydrogen-bond donors (Lipinski definition) is 2. The third-order valence-corrected chi connectivity index (χ3v) is 1.93. The minimum atomic E-state index is -0.618. The molecular weight excluding hydrogens is 216 g/mol. The Labute approximate surface area is 90.9 Å². The number of esters is 1. The molecule has 0 amide bonds. The molecule has 0 atom stereocenters. The number of nitrogens with one attached hydrogen (secondary N) is 1.